The predicted molar refractivity (Wildman–Crippen MR) is 133 cm³/mol. The molecule has 0 atom stereocenters. The predicted octanol–water partition coefficient (Wildman–Crippen LogP) is 4.57. The Hall–Kier alpha value is -3.58. The van der Waals surface area contributed by atoms with Gasteiger partial charge in [0.1, 0.15) is 6.54 Å². The van der Waals surface area contributed by atoms with Gasteiger partial charge in [-0.3, -0.25) is 9.59 Å². The standard InChI is InChI=1S/C27H28N2O4S/c1-3-12-28(26(30)15-21-7-5-4-6-8-21)18-27(31)29(17-25-20(2)11-13-34-25)16-22-9-10-23-24(14-22)33-19-32-23/h3-11,13-14H,1,12,15-19H2,2H3. The van der Waals surface area contributed by atoms with Crippen molar-refractivity contribution < 1.29 is 19.1 Å². The Morgan fingerprint density at radius 2 is 1.76 bits per heavy atom. The van der Waals surface area contributed by atoms with Crippen LogP contribution in [-0.4, -0.2) is 41.5 Å². The minimum absolute atomic E-state index is 0.00728. The van der Waals surface area contributed by atoms with Crippen molar-refractivity contribution in [3.8, 4) is 11.5 Å². The molecule has 1 aliphatic heterocycles. The van der Waals surface area contributed by atoms with Gasteiger partial charge in [-0.15, -0.1) is 17.9 Å². The molecule has 4 rings (SSSR count). The summed E-state index contributed by atoms with van der Waals surface area (Å²) in [5, 5.41) is 2.03. The monoisotopic (exact) mass is 476 g/mol. The van der Waals surface area contributed by atoms with E-state index in [-0.39, 0.29) is 31.6 Å². The molecule has 0 unspecified atom stereocenters. The molecule has 176 valence electrons. The van der Waals surface area contributed by atoms with E-state index < -0.39 is 0 Å². The lowest BCUT2D eigenvalue weighted by molar-refractivity contribution is -0.140. The minimum Gasteiger partial charge on any atom is -0.454 e. The average Bonchev–Trinajstić information content (AvgIpc) is 3.47. The van der Waals surface area contributed by atoms with Crippen LogP contribution in [0, 0.1) is 6.92 Å². The maximum Gasteiger partial charge on any atom is 0.242 e. The van der Waals surface area contributed by atoms with Crippen molar-refractivity contribution in [1.29, 1.82) is 0 Å². The Morgan fingerprint density at radius 1 is 0.971 bits per heavy atom. The number of nitrogens with zero attached hydrogens (tertiary/aromatic N) is 2. The van der Waals surface area contributed by atoms with E-state index in [1.807, 2.05) is 60.8 Å². The van der Waals surface area contributed by atoms with E-state index in [0.29, 0.717) is 31.1 Å². The molecule has 0 bridgehead atoms. The molecule has 3 aromatic rings. The van der Waals surface area contributed by atoms with Crippen molar-refractivity contribution >= 4 is 23.2 Å². The van der Waals surface area contributed by atoms with Gasteiger partial charge < -0.3 is 19.3 Å². The fourth-order valence-electron chi connectivity index (χ4n) is 3.79. The zero-order valence-electron chi connectivity index (χ0n) is 19.2. The smallest absolute Gasteiger partial charge is 0.242 e. The van der Waals surface area contributed by atoms with Crippen LogP contribution >= 0.6 is 11.3 Å². The Bertz CT molecular complexity index is 1160. The molecule has 0 spiro atoms. The van der Waals surface area contributed by atoms with Crippen LogP contribution in [0.25, 0.3) is 0 Å². The number of fused-ring (bicyclic) bond motifs is 1. The van der Waals surface area contributed by atoms with Crippen LogP contribution in [0.5, 0.6) is 11.5 Å². The zero-order valence-corrected chi connectivity index (χ0v) is 20.1. The largest absolute Gasteiger partial charge is 0.454 e. The van der Waals surface area contributed by atoms with Gasteiger partial charge in [0.05, 0.1) is 13.0 Å². The van der Waals surface area contributed by atoms with Crippen molar-refractivity contribution in [3.05, 3.63) is 94.2 Å². The summed E-state index contributed by atoms with van der Waals surface area (Å²) in [6.07, 6.45) is 1.90. The minimum atomic E-state index is -0.117. The number of carbonyl (C=O) groups is 2. The number of hydrogen-bond donors (Lipinski definition) is 0. The molecule has 0 N–H and O–H groups in total. The summed E-state index contributed by atoms with van der Waals surface area (Å²) in [6.45, 7) is 7.21. The molecule has 2 aromatic carbocycles. The molecule has 1 aromatic heterocycles. The highest BCUT2D eigenvalue weighted by molar-refractivity contribution is 7.10. The van der Waals surface area contributed by atoms with Gasteiger partial charge in [0, 0.05) is 18.0 Å². The fraction of sp³-hybridized carbons (Fsp3) is 0.259. The third-order valence-electron chi connectivity index (χ3n) is 5.69. The van der Waals surface area contributed by atoms with Gasteiger partial charge in [-0.1, -0.05) is 42.5 Å². The maximum atomic E-state index is 13.5. The van der Waals surface area contributed by atoms with Crippen LogP contribution < -0.4 is 9.47 Å². The van der Waals surface area contributed by atoms with Crippen molar-refractivity contribution in [3.63, 3.8) is 0 Å². The second kappa shape index (κ2) is 11.0. The van der Waals surface area contributed by atoms with Crippen molar-refractivity contribution in [2.24, 2.45) is 0 Å². The lowest BCUT2D eigenvalue weighted by Gasteiger charge is -2.27. The number of ether oxygens (including phenoxy) is 2. The lowest BCUT2D eigenvalue weighted by atomic mass is 10.1. The summed E-state index contributed by atoms with van der Waals surface area (Å²) in [6, 6.07) is 17.3. The third-order valence-corrected chi connectivity index (χ3v) is 6.70. The highest BCUT2D eigenvalue weighted by atomic mass is 32.1. The summed E-state index contributed by atoms with van der Waals surface area (Å²) in [5.74, 6) is 1.17. The normalized spacial score (nSPS) is 11.8. The number of carbonyl (C=O) groups excluding carboxylic acids is 2. The molecule has 0 aliphatic carbocycles. The number of thiophene rings is 1. The number of benzene rings is 2. The quantitative estimate of drug-likeness (QED) is 0.402. The molecular weight excluding hydrogens is 448 g/mol. The third kappa shape index (κ3) is 5.85. The van der Waals surface area contributed by atoms with E-state index in [1.54, 1.807) is 27.2 Å². The highest BCUT2D eigenvalue weighted by Gasteiger charge is 2.23. The first-order chi connectivity index (χ1) is 16.5. The van der Waals surface area contributed by atoms with Crippen LogP contribution in [0.3, 0.4) is 0 Å². The molecule has 7 heteroatoms. The van der Waals surface area contributed by atoms with Crippen LogP contribution in [0.1, 0.15) is 21.6 Å². The van der Waals surface area contributed by atoms with E-state index in [2.05, 4.69) is 12.6 Å². The number of amides is 2. The molecule has 6 nitrogen and oxygen atoms in total. The van der Waals surface area contributed by atoms with Gasteiger partial charge in [-0.25, -0.2) is 0 Å². The first-order valence-electron chi connectivity index (χ1n) is 11.2. The molecule has 0 fully saturated rings. The Balaban J connectivity index is 1.51. The van der Waals surface area contributed by atoms with E-state index in [1.165, 1.54) is 0 Å². The van der Waals surface area contributed by atoms with E-state index in [0.717, 1.165) is 21.6 Å². The number of aryl methyl sites for hydroxylation is 1. The molecule has 0 saturated heterocycles. The Labute approximate surface area is 204 Å². The van der Waals surface area contributed by atoms with E-state index in [9.17, 15) is 9.59 Å². The molecule has 0 saturated carbocycles. The molecular formula is C27H28N2O4S. The van der Waals surface area contributed by atoms with Crippen LogP contribution in [-0.2, 0) is 29.1 Å². The Kier molecular flexibility index (Phi) is 7.65. The number of rotatable bonds is 10. The van der Waals surface area contributed by atoms with Crippen LogP contribution in [0.4, 0.5) is 0 Å². The van der Waals surface area contributed by atoms with Gasteiger partial charge in [0.25, 0.3) is 0 Å². The van der Waals surface area contributed by atoms with Crippen molar-refractivity contribution in [2.75, 3.05) is 19.9 Å². The summed E-state index contributed by atoms with van der Waals surface area (Å²) < 4.78 is 10.9. The zero-order chi connectivity index (χ0) is 23.9. The molecule has 0 radical (unpaired) electrons. The van der Waals surface area contributed by atoms with Gasteiger partial charge in [0.15, 0.2) is 11.5 Å². The van der Waals surface area contributed by atoms with Gasteiger partial charge >= 0.3 is 0 Å². The molecule has 1 aliphatic rings. The number of hydrogen-bond acceptors (Lipinski definition) is 5. The molecule has 34 heavy (non-hydrogen) atoms. The Morgan fingerprint density at radius 3 is 2.50 bits per heavy atom. The van der Waals surface area contributed by atoms with E-state index in [4.69, 9.17) is 9.47 Å². The first kappa shape index (κ1) is 23.6. The first-order valence-corrected chi connectivity index (χ1v) is 12.0. The summed E-state index contributed by atoms with van der Waals surface area (Å²) in [5.41, 5.74) is 3.01. The van der Waals surface area contributed by atoms with Gasteiger partial charge in [0.2, 0.25) is 18.6 Å². The van der Waals surface area contributed by atoms with Crippen LogP contribution in [0.15, 0.2) is 72.6 Å². The highest BCUT2D eigenvalue weighted by Crippen LogP contribution is 2.33. The summed E-state index contributed by atoms with van der Waals surface area (Å²) in [7, 11) is 0. The second-order valence-electron chi connectivity index (χ2n) is 8.19. The van der Waals surface area contributed by atoms with Crippen molar-refractivity contribution in [1.82, 2.24) is 9.80 Å². The van der Waals surface area contributed by atoms with Crippen LogP contribution in [0.2, 0.25) is 0 Å². The summed E-state index contributed by atoms with van der Waals surface area (Å²) in [4.78, 5) is 31.0. The van der Waals surface area contributed by atoms with Gasteiger partial charge in [-0.2, -0.15) is 0 Å². The lowest BCUT2D eigenvalue weighted by Crippen LogP contribution is -2.43. The average molecular weight is 477 g/mol. The van der Waals surface area contributed by atoms with Gasteiger partial charge in [-0.05, 0) is 47.2 Å². The molecule has 2 amide bonds. The summed E-state index contributed by atoms with van der Waals surface area (Å²) >= 11 is 1.63. The SMILES string of the molecule is C=CCN(CC(=O)N(Cc1ccc2c(c1)OCO2)Cc1sccc1C)C(=O)Cc1ccccc1. The second-order valence-corrected chi connectivity index (χ2v) is 9.19. The topological polar surface area (TPSA) is 59.1 Å². The van der Waals surface area contributed by atoms with Crippen molar-refractivity contribution in [2.45, 2.75) is 26.4 Å². The fourth-order valence-corrected chi connectivity index (χ4v) is 4.71. The van der Waals surface area contributed by atoms with E-state index >= 15 is 0 Å². The maximum absolute atomic E-state index is 13.5. The molecule has 2 heterocycles.